The third kappa shape index (κ3) is 4.57. The van der Waals surface area contributed by atoms with Crippen LogP contribution in [0.1, 0.15) is 17.2 Å². The Morgan fingerprint density at radius 2 is 2.10 bits per heavy atom. The molecule has 0 saturated heterocycles. The molecule has 0 aliphatic rings. The van der Waals surface area contributed by atoms with Crippen molar-refractivity contribution >= 4 is 5.91 Å². The summed E-state index contributed by atoms with van der Waals surface area (Å²) in [5.41, 5.74) is 1.58. The summed E-state index contributed by atoms with van der Waals surface area (Å²) in [7, 11) is 1.59. The lowest BCUT2D eigenvalue weighted by molar-refractivity contribution is -0.120. The van der Waals surface area contributed by atoms with Crippen molar-refractivity contribution in [3.63, 3.8) is 0 Å². The minimum absolute atomic E-state index is 0.143. The van der Waals surface area contributed by atoms with Gasteiger partial charge in [0.2, 0.25) is 5.91 Å². The number of nitrogens with one attached hydrogen (secondary N) is 1. The highest BCUT2D eigenvalue weighted by Crippen LogP contribution is 2.16. The number of hydrogen-bond donors (Lipinski definition) is 2. The number of hydrogen-bond acceptors (Lipinski definition) is 4. The Bertz CT molecular complexity index is 570. The average molecular weight is 286 g/mol. The summed E-state index contributed by atoms with van der Waals surface area (Å²) < 4.78 is 5.06. The fourth-order valence-electron chi connectivity index (χ4n) is 1.91. The first-order valence-corrected chi connectivity index (χ1v) is 6.66. The van der Waals surface area contributed by atoms with Gasteiger partial charge in [-0.3, -0.25) is 9.78 Å². The third-order valence-corrected chi connectivity index (χ3v) is 3.08. The van der Waals surface area contributed by atoms with E-state index in [1.807, 2.05) is 6.07 Å². The highest BCUT2D eigenvalue weighted by atomic mass is 16.5. The lowest BCUT2D eigenvalue weighted by Crippen LogP contribution is -2.29. The van der Waals surface area contributed by atoms with Gasteiger partial charge in [0, 0.05) is 18.9 Å². The molecule has 110 valence electrons. The van der Waals surface area contributed by atoms with Crippen LogP contribution in [-0.2, 0) is 11.2 Å². The number of ether oxygens (including phenoxy) is 1. The molecule has 0 bridgehead atoms. The van der Waals surface area contributed by atoms with Gasteiger partial charge in [0.25, 0.3) is 0 Å². The van der Waals surface area contributed by atoms with E-state index in [0.717, 1.165) is 16.9 Å². The van der Waals surface area contributed by atoms with Crippen molar-refractivity contribution in [3.05, 3.63) is 59.9 Å². The highest BCUT2D eigenvalue weighted by molar-refractivity contribution is 5.78. The number of aromatic nitrogens is 1. The van der Waals surface area contributed by atoms with Crippen LogP contribution in [-0.4, -0.2) is 29.7 Å². The summed E-state index contributed by atoms with van der Waals surface area (Å²) in [6.07, 6.45) is 2.83. The lowest BCUT2D eigenvalue weighted by Gasteiger charge is -2.12. The normalized spacial score (nSPS) is 11.7. The van der Waals surface area contributed by atoms with Gasteiger partial charge in [-0.1, -0.05) is 18.2 Å². The molecule has 1 unspecified atom stereocenters. The summed E-state index contributed by atoms with van der Waals surface area (Å²) >= 11 is 0. The van der Waals surface area contributed by atoms with E-state index in [9.17, 15) is 9.90 Å². The molecular weight excluding hydrogens is 268 g/mol. The van der Waals surface area contributed by atoms with Gasteiger partial charge in [0.05, 0.1) is 19.6 Å². The molecule has 5 nitrogen and oxygen atoms in total. The Morgan fingerprint density at radius 3 is 2.71 bits per heavy atom. The van der Waals surface area contributed by atoms with Gasteiger partial charge in [-0.25, -0.2) is 0 Å². The van der Waals surface area contributed by atoms with Crippen molar-refractivity contribution in [1.82, 2.24) is 10.3 Å². The van der Waals surface area contributed by atoms with Crippen molar-refractivity contribution in [3.8, 4) is 5.75 Å². The maximum Gasteiger partial charge on any atom is 0.224 e. The van der Waals surface area contributed by atoms with Gasteiger partial charge in [0.1, 0.15) is 5.75 Å². The molecule has 0 saturated carbocycles. The smallest absolute Gasteiger partial charge is 0.224 e. The number of rotatable bonds is 6. The minimum Gasteiger partial charge on any atom is -0.497 e. The predicted molar refractivity (Wildman–Crippen MR) is 78.9 cm³/mol. The minimum atomic E-state index is -0.742. The molecule has 0 aliphatic carbocycles. The molecule has 0 fully saturated rings. The van der Waals surface area contributed by atoms with Crippen molar-refractivity contribution < 1.29 is 14.6 Å². The number of amides is 1. The number of pyridine rings is 1. The Morgan fingerprint density at radius 1 is 1.33 bits per heavy atom. The molecule has 2 aromatic rings. The number of nitrogens with zero attached hydrogens (tertiary/aromatic N) is 1. The van der Waals surface area contributed by atoms with E-state index in [1.165, 1.54) is 0 Å². The maximum absolute atomic E-state index is 11.8. The molecule has 0 radical (unpaired) electrons. The Balaban J connectivity index is 1.82. The number of aliphatic hydroxyl groups excluding tert-OH is 1. The van der Waals surface area contributed by atoms with Crippen LogP contribution in [0.4, 0.5) is 0 Å². The van der Waals surface area contributed by atoms with Crippen LogP contribution in [0.5, 0.6) is 5.75 Å². The predicted octanol–water partition coefficient (Wildman–Crippen LogP) is 1.48. The zero-order valence-electron chi connectivity index (χ0n) is 11.8. The van der Waals surface area contributed by atoms with Gasteiger partial charge < -0.3 is 15.2 Å². The van der Waals surface area contributed by atoms with Crippen molar-refractivity contribution in [2.75, 3.05) is 13.7 Å². The van der Waals surface area contributed by atoms with E-state index < -0.39 is 6.10 Å². The van der Waals surface area contributed by atoms with Crippen molar-refractivity contribution in [1.29, 1.82) is 0 Å². The summed E-state index contributed by atoms with van der Waals surface area (Å²) in [6.45, 7) is 0.172. The molecule has 1 heterocycles. The average Bonchev–Trinajstić information content (AvgIpc) is 2.53. The van der Waals surface area contributed by atoms with E-state index in [4.69, 9.17) is 4.74 Å². The Hall–Kier alpha value is -2.40. The molecule has 1 amide bonds. The monoisotopic (exact) mass is 286 g/mol. The van der Waals surface area contributed by atoms with Crippen LogP contribution in [0.15, 0.2) is 48.8 Å². The van der Waals surface area contributed by atoms with E-state index in [1.54, 1.807) is 49.8 Å². The number of aliphatic hydroxyl groups is 1. The topological polar surface area (TPSA) is 71.5 Å². The second-order valence-electron chi connectivity index (χ2n) is 4.63. The zero-order valence-corrected chi connectivity index (χ0v) is 11.8. The SMILES string of the molecule is COc1ccc(C(O)CNC(=O)Cc2cccnc2)cc1. The Kier molecular flexibility index (Phi) is 5.29. The summed E-state index contributed by atoms with van der Waals surface area (Å²) in [5.74, 6) is 0.585. The van der Waals surface area contributed by atoms with Crippen LogP contribution >= 0.6 is 0 Å². The zero-order chi connectivity index (χ0) is 15.1. The third-order valence-electron chi connectivity index (χ3n) is 3.08. The number of methoxy groups -OCH3 is 1. The van der Waals surface area contributed by atoms with Crippen molar-refractivity contribution in [2.45, 2.75) is 12.5 Å². The second-order valence-corrected chi connectivity index (χ2v) is 4.63. The van der Waals surface area contributed by atoms with Gasteiger partial charge >= 0.3 is 0 Å². The first-order valence-electron chi connectivity index (χ1n) is 6.66. The summed E-state index contributed by atoms with van der Waals surface area (Å²) in [6, 6.07) is 10.7. The van der Waals surface area contributed by atoms with Crippen LogP contribution in [0.3, 0.4) is 0 Å². The molecule has 2 N–H and O–H groups in total. The largest absolute Gasteiger partial charge is 0.497 e. The first-order chi connectivity index (χ1) is 10.2. The molecule has 1 atom stereocenters. The quantitative estimate of drug-likeness (QED) is 0.844. The highest BCUT2D eigenvalue weighted by Gasteiger charge is 2.10. The molecule has 2 rings (SSSR count). The van der Waals surface area contributed by atoms with Crippen LogP contribution in [0.2, 0.25) is 0 Å². The van der Waals surface area contributed by atoms with Gasteiger partial charge in [-0.15, -0.1) is 0 Å². The molecule has 1 aromatic carbocycles. The number of benzene rings is 1. The molecular formula is C16H18N2O3. The van der Waals surface area contributed by atoms with Gasteiger partial charge in [-0.2, -0.15) is 0 Å². The lowest BCUT2D eigenvalue weighted by atomic mass is 10.1. The number of carbonyl (C=O) groups excluding carboxylic acids is 1. The Labute approximate surface area is 123 Å². The van der Waals surface area contributed by atoms with Crippen LogP contribution in [0.25, 0.3) is 0 Å². The van der Waals surface area contributed by atoms with Crippen molar-refractivity contribution in [2.24, 2.45) is 0 Å². The van der Waals surface area contributed by atoms with E-state index in [-0.39, 0.29) is 18.9 Å². The molecule has 0 spiro atoms. The van der Waals surface area contributed by atoms with Crippen LogP contribution in [0, 0.1) is 0 Å². The second kappa shape index (κ2) is 7.40. The van der Waals surface area contributed by atoms with Crippen LogP contribution < -0.4 is 10.1 Å². The molecule has 1 aromatic heterocycles. The van der Waals surface area contributed by atoms with E-state index >= 15 is 0 Å². The standard InChI is InChI=1S/C16H18N2O3/c1-21-14-6-4-13(5-7-14)15(19)11-18-16(20)9-12-3-2-8-17-10-12/h2-8,10,15,19H,9,11H2,1H3,(H,18,20). The molecule has 21 heavy (non-hydrogen) atoms. The number of carbonyl (C=O) groups is 1. The maximum atomic E-state index is 11.8. The fraction of sp³-hybridized carbons (Fsp3) is 0.250. The first kappa shape index (κ1) is 15.0. The molecule has 5 heteroatoms. The van der Waals surface area contributed by atoms with E-state index in [0.29, 0.717) is 0 Å². The molecule has 0 aliphatic heterocycles. The van der Waals surface area contributed by atoms with E-state index in [2.05, 4.69) is 10.3 Å². The summed E-state index contributed by atoms with van der Waals surface area (Å²) in [5, 5.41) is 12.7. The van der Waals surface area contributed by atoms with Gasteiger partial charge in [0.15, 0.2) is 0 Å². The van der Waals surface area contributed by atoms with Gasteiger partial charge in [-0.05, 0) is 29.3 Å². The fourth-order valence-corrected chi connectivity index (χ4v) is 1.91. The summed E-state index contributed by atoms with van der Waals surface area (Å²) in [4.78, 5) is 15.7.